The van der Waals surface area contributed by atoms with Gasteiger partial charge in [0.2, 0.25) is 0 Å². The van der Waals surface area contributed by atoms with Crippen LogP contribution in [-0.4, -0.2) is 35.5 Å². The van der Waals surface area contributed by atoms with E-state index in [9.17, 15) is 0 Å². The average Bonchev–Trinajstić information content (AvgIpc) is 2.10. The second kappa shape index (κ2) is 6.26. The van der Waals surface area contributed by atoms with Crippen LogP contribution >= 0.6 is 0 Å². The molecule has 0 aliphatic rings. The maximum Gasteiger partial charge on any atom is 0.0856 e. The molecule has 8 nitrogen and oxygen atoms in total. The molecule has 0 aliphatic carbocycles. The van der Waals surface area contributed by atoms with E-state index in [1.807, 2.05) is 0 Å². The van der Waals surface area contributed by atoms with Crippen LogP contribution in [0.2, 0.25) is 0 Å². The highest BCUT2D eigenvalue weighted by molar-refractivity contribution is 4.71. The quantitative estimate of drug-likeness (QED) is 0.350. The van der Waals surface area contributed by atoms with Crippen molar-refractivity contribution in [2.45, 2.75) is 12.2 Å². The summed E-state index contributed by atoms with van der Waals surface area (Å²) < 4.78 is 0. The van der Waals surface area contributed by atoms with E-state index in [4.69, 9.17) is 21.3 Å². The number of aliphatic hydroxyl groups excluding tert-OH is 2. The van der Waals surface area contributed by atoms with E-state index >= 15 is 0 Å². The summed E-state index contributed by atoms with van der Waals surface area (Å²) >= 11 is 0. The fourth-order valence-electron chi connectivity index (χ4n) is 0.484. The number of nitrogens with zero attached hydrogens (tertiary/aromatic N) is 6. The third-order valence-corrected chi connectivity index (χ3v) is 1.11. The average molecular weight is 172 g/mol. The maximum atomic E-state index is 8.98. The molecule has 0 radical (unpaired) electrons. The first-order valence-electron chi connectivity index (χ1n) is 3.10. The van der Waals surface area contributed by atoms with Crippen LogP contribution in [-0.2, 0) is 0 Å². The van der Waals surface area contributed by atoms with Gasteiger partial charge in [0.1, 0.15) is 0 Å². The summed E-state index contributed by atoms with van der Waals surface area (Å²) in [6.07, 6.45) is -2.38. The van der Waals surface area contributed by atoms with E-state index in [0.29, 0.717) is 0 Å². The molecule has 2 N–H and O–H groups in total. The van der Waals surface area contributed by atoms with Crippen LogP contribution in [0.1, 0.15) is 0 Å². The lowest BCUT2D eigenvalue weighted by atomic mass is 10.2. The Kier molecular flexibility index (Phi) is 5.50. The molecule has 0 spiro atoms. The molecule has 0 aromatic carbocycles. The van der Waals surface area contributed by atoms with Crippen LogP contribution in [0.5, 0.6) is 0 Å². The van der Waals surface area contributed by atoms with Crippen LogP contribution in [0.15, 0.2) is 10.2 Å². The largest absolute Gasteiger partial charge is 0.390 e. The normalized spacial score (nSPS) is 13.8. The van der Waals surface area contributed by atoms with Gasteiger partial charge >= 0.3 is 0 Å². The van der Waals surface area contributed by atoms with Crippen molar-refractivity contribution in [3.63, 3.8) is 0 Å². The molecular weight excluding hydrogens is 164 g/mol. The summed E-state index contributed by atoms with van der Waals surface area (Å²) in [5, 5.41) is 24.0. The van der Waals surface area contributed by atoms with E-state index in [0.717, 1.165) is 0 Å². The van der Waals surface area contributed by atoms with Gasteiger partial charge in [-0.2, -0.15) is 0 Å². The third-order valence-electron chi connectivity index (χ3n) is 1.11. The fraction of sp³-hybridized carbons (Fsp3) is 1.00. The third kappa shape index (κ3) is 4.37. The Hall–Kier alpha value is -1.46. The zero-order valence-corrected chi connectivity index (χ0v) is 6.15. The topological polar surface area (TPSA) is 138 Å². The Morgan fingerprint density at radius 3 is 1.58 bits per heavy atom. The minimum absolute atomic E-state index is 0.237. The molecule has 12 heavy (non-hydrogen) atoms. The molecule has 0 aromatic rings. The van der Waals surface area contributed by atoms with E-state index in [2.05, 4.69) is 20.1 Å². The van der Waals surface area contributed by atoms with Crippen LogP contribution in [0.4, 0.5) is 0 Å². The summed E-state index contributed by atoms with van der Waals surface area (Å²) in [4.78, 5) is 4.78. The van der Waals surface area contributed by atoms with Crippen molar-refractivity contribution >= 4 is 0 Å². The van der Waals surface area contributed by atoms with E-state index in [1.165, 1.54) is 0 Å². The molecule has 0 fully saturated rings. The molecule has 0 bridgehead atoms. The molecule has 0 amide bonds. The van der Waals surface area contributed by atoms with Crippen molar-refractivity contribution in [3.8, 4) is 0 Å². The first-order valence-corrected chi connectivity index (χ1v) is 3.10. The van der Waals surface area contributed by atoms with Gasteiger partial charge in [-0.05, 0) is 11.1 Å². The van der Waals surface area contributed by atoms with Crippen LogP contribution in [0, 0.1) is 0 Å². The predicted molar refractivity (Wildman–Crippen MR) is 40.0 cm³/mol. The van der Waals surface area contributed by atoms with Gasteiger partial charge in [0, 0.05) is 9.82 Å². The van der Waals surface area contributed by atoms with E-state index in [-0.39, 0.29) is 13.1 Å². The van der Waals surface area contributed by atoms with Gasteiger partial charge in [0.25, 0.3) is 0 Å². The van der Waals surface area contributed by atoms with Gasteiger partial charge in [-0.1, -0.05) is 10.2 Å². The number of hydrogen-bond acceptors (Lipinski definition) is 4. The highest BCUT2D eigenvalue weighted by atomic mass is 16.3. The van der Waals surface area contributed by atoms with Crippen molar-refractivity contribution in [3.05, 3.63) is 20.9 Å². The summed E-state index contributed by atoms with van der Waals surface area (Å²) in [5.41, 5.74) is 15.7. The first kappa shape index (κ1) is 10.5. The minimum atomic E-state index is -1.19. The molecule has 0 rings (SSSR count). The van der Waals surface area contributed by atoms with Gasteiger partial charge in [-0.15, -0.1) is 0 Å². The molecular formula is C4H8N6O2. The highest BCUT2D eigenvalue weighted by Crippen LogP contribution is 1.95. The summed E-state index contributed by atoms with van der Waals surface area (Å²) in [7, 11) is 0. The van der Waals surface area contributed by atoms with Crippen LogP contribution in [0.25, 0.3) is 20.9 Å². The molecule has 0 heterocycles. The second-order valence-corrected chi connectivity index (χ2v) is 1.96. The summed E-state index contributed by atoms with van der Waals surface area (Å²) in [6.45, 7) is -0.475. The van der Waals surface area contributed by atoms with Gasteiger partial charge < -0.3 is 10.2 Å². The summed E-state index contributed by atoms with van der Waals surface area (Å²) in [6, 6.07) is 0. The molecule has 0 unspecified atom stereocenters. The van der Waals surface area contributed by atoms with Crippen molar-refractivity contribution < 1.29 is 10.2 Å². The molecule has 2 atom stereocenters. The van der Waals surface area contributed by atoms with Gasteiger partial charge in [-0.3, -0.25) is 0 Å². The summed E-state index contributed by atoms with van der Waals surface area (Å²) in [5.74, 6) is 0. The molecule has 8 heteroatoms. The Morgan fingerprint density at radius 1 is 1.00 bits per heavy atom. The van der Waals surface area contributed by atoms with Crippen molar-refractivity contribution in [2.24, 2.45) is 10.2 Å². The minimum Gasteiger partial charge on any atom is -0.390 e. The highest BCUT2D eigenvalue weighted by Gasteiger charge is 2.13. The number of rotatable bonds is 5. The van der Waals surface area contributed by atoms with Gasteiger partial charge in [0.15, 0.2) is 0 Å². The molecule has 0 aliphatic heterocycles. The van der Waals surface area contributed by atoms with E-state index in [1.54, 1.807) is 0 Å². The lowest BCUT2D eigenvalue weighted by Crippen LogP contribution is -2.30. The molecule has 66 valence electrons. The lowest BCUT2D eigenvalue weighted by molar-refractivity contribution is 0.0313. The van der Waals surface area contributed by atoms with Crippen LogP contribution in [0.3, 0.4) is 0 Å². The monoisotopic (exact) mass is 172 g/mol. The molecule has 0 saturated heterocycles. The molecule has 0 aromatic heterocycles. The van der Waals surface area contributed by atoms with Gasteiger partial charge in [-0.25, -0.2) is 0 Å². The van der Waals surface area contributed by atoms with Crippen molar-refractivity contribution in [1.82, 2.24) is 0 Å². The Balaban J connectivity index is 3.82. The SMILES string of the molecule is [N-]=[N+]=NC[C@H](O)[C@@H](O)CN=[N+]=[N-]. The standard InChI is InChI=1S/C4H8N6O2/c5-9-7-1-3(11)4(12)2-8-10-6/h3-4,11-12H,1-2H2/t3-,4-/m0/s1. The predicted octanol–water partition coefficient (Wildman–Crippen LogP) is 0.329. The Labute approximate surface area is 67.7 Å². The number of azide groups is 2. The smallest absolute Gasteiger partial charge is 0.0856 e. The fourth-order valence-corrected chi connectivity index (χ4v) is 0.484. The number of aliphatic hydroxyl groups is 2. The lowest BCUT2D eigenvalue weighted by Gasteiger charge is -2.12. The molecule has 0 saturated carbocycles. The number of hydrogen-bond donors (Lipinski definition) is 2. The Morgan fingerprint density at radius 2 is 1.33 bits per heavy atom. The first-order chi connectivity index (χ1) is 5.72. The van der Waals surface area contributed by atoms with Crippen molar-refractivity contribution in [1.29, 1.82) is 0 Å². The van der Waals surface area contributed by atoms with Gasteiger partial charge in [0.05, 0.1) is 25.3 Å². The van der Waals surface area contributed by atoms with Crippen molar-refractivity contribution in [2.75, 3.05) is 13.1 Å². The van der Waals surface area contributed by atoms with Crippen LogP contribution < -0.4 is 0 Å². The maximum absolute atomic E-state index is 8.98. The second-order valence-electron chi connectivity index (χ2n) is 1.96. The van der Waals surface area contributed by atoms with E-state index < -0.39 is 12.2 Å². The Bertz CT molecular complexity index is 194. The zero-order chi connectivity index (χ0) is 9.40. The zero-order valence-electron chi connectivity index (χ0n) is 6.15.